The standard InChI is InChI=1S/C18H22ClFN4O3/c1-12(2)9-24(17-5-6-18(25)23(4)22-17)11-27-13(3)26-10-14-7-15(19)16(20)8-21-14/h5-8,13H,1,9-11H2,2-4H3. The van der Waals surface area contributed by atoms with Crippen molar-refractivity contribution in [2.75, 3.05) is 18.2 Å². The van der Waals surface area contributed by atoms with Gasteiger partial charge in [-0.1, -0.05) is 23.8 Å². The van der Waals surface area contributed by atoms with E-state index in [1.807, 2.05) is 11.8 Å². The van der Waals surface area contributed by atoms with E-state index in [1.165, 1.54) is 16.8 Å². The number of nitrogens with zero attached hydrogens (tertiary/aromatic N) is 4. The zero-order valence-corrected chi connectivity index (χ0v) is 16.2. The Hall–Kier alpha value is -2.29. The summed E-state index contributed by atoms with van der Waals surface area (Å²) in [7, 11) is 1.58. The molecule has 0 spiro atoms. The minimum absolute atomic E-state index is 0.00873. The molecule has 146 valence electrons. The van der Waals surface area contributed by atoms with Crippen molar-refractivity contribution < 1.29 is 13.9 Å². The first-order valence-electron chi connectivity index (χ1n) is 8.23. The molecular weight excluding hydrogens is 375 g/mol. The highest BCUT2D eigenvalue weighted by atomic mass is 35.5. The predicted molar refractivity (Wildman–Crippen MR) is 101 cm³/mol. The second kappa shape index (κ2) is 9.59. The molecule has 27 heavy (non-hydrogen) atoms. The molecule has 0 radical (unpaired) electrons. The number of ether oxygens (including phenoxy) is 2. The molecule has 0 saturated carbocycles. The fraction of sp³-hybridized carbons (Fsp3) is 0.389. The Morgan fingerprint density at radius 1 is 1.44 bits per heavy atom. The molecule has 0 bridgehead atoms. The molecule has 1 atom stereocenters. The van der Waals surface area contributed by atoms with Gasteiger partial charge in [0, 0.05) is 19.7 Å². The van der Waals surface area contributed by atoms with E-state index in [-0.39, 0.29) is 23.9 Å². The third-order valence-electron chi connectivity index (χ3n) is 3.53. The van der Waals surface area contributed by atoms with Crippen LogP contribution >= 0.6 is 11.6 Å². The molecule has 0 saturated heterocycles. The van der Waals surface area contributed by atoms with Gasteiger partial charge < -0.3 is 14.4 Å². The molecule has 2 aromatic heterocycles. The highest BCUT2D eigenvalue weighted by Crippen LogP contribution is 2.15. The Kier molecular flexibility index (Phi) is 7.46. The summed E-state index contributed by atoms with van der Waals surface area (Å²) in [6.07, 6.45) is 0.489. The van der Waals surface area contributed by atoms with Crippen molar-refractivity contribution >= 4 is 17.4 Å². The van der Waals surface area contributed by atoms with Gasteiger partial charge in [-0.25, -0.2) is 9.07 Å². The first-order valence-corrected chi connectivity index (χ1v) is 8.61. The Morgan fingerprint density at radius 2 is 2.19 bits per heavy atom. The van der Waals surface area contributed by atoms with E-state index in [0.29, 0.717) is 18.1 Å². The Bertz CT molecular complexity index is 859. The van der Waals surface area contributed by atoms with E-state index in [4.69, 9.17) is 21.1 Å². The Labute approximate surface area is 162 Å². The summed E-state index contributed by atoms with van der Waals surface area (Å²) in [4.78, 5) is 17.3. The lowest BCUT2D eigenvalue weighted by Crippen LogP contribution is -2.33. The molecule has 9 heteroatoms. The SMILES string of the molecule is C=C(C)CN(COC(C)OCc1cc(Cl)c(F)cn1)c1ccc(=O)n(C)n1. The molecule has 2 aromatic rings. The molecule has 0 aliphatic heterocycles. The summed E-state index contributed by atoms with van der Waals surface area (Å²) in [6, 6.07) is 4.48. The van der Waals surface area contributed by atoms with Gasteiger partial charge in [0.1, 0.15) is 6.73 Å². The summed E-state index contributed by atoms with van der Waals surface area (Å²) in [5, 5.41) is 4.21. The quantitative estimate of drug-likeness (QED) is 0.479. The average Bonchev–Trinajstić information content (AvgIpc) is 2.61. The van der Waals surface area contributed by atoms with Crippen LogP contribution in [-0.4, -0.2) is 34.3 Å². The fourth-order valence-electron chi connectivity index (χ4n) is 2.16. The maximum Gasteiger partial charge on any atom is 0.266 e. The van der Waals surface area contributed by atoms with Crippen LogP contribution in [0.5, 0.6) is 0 Å². The molecule has 0 fully saturated rings. The number of aromatic nitrogens is 3. The van der Waals surface area contributed by atoms with E-state index in [1.54, 1.807) is 20.0 Å². The van der Waals surface area contributed by atoms with Gasteiger partial charge in [-0.15, -0.1) is 0 Å². The number of rotatable bonds is 9. The number of hydrogen-bond acceptors (Lipinski definition) is 6. The monoisotopic (exact) mass is 396 g/mol. The van der Waals surface area contributed by atoms with Gasteiger partial charge in [-0.05, 0) is 26.0 Å². The van der Waals surface area contributed by atoms with Crippen molar-refractivity contribution in [3.63, 3.8) is 0 Å². The van der Waals surface area contributed by atoms with Crippen LogP contribution in [0.4, 0.5) is 10.2 Å². The zero-order chi connectivity index (χ0) is 20.0. The minimum Gasteiger partial charge on any atom is -0.347 e. The third kappa shape index (κ3) is 6.42. The molecule has 1 unspecified atom stereocenters. The molecule has 0 aliphatic carbocycles. The largest absolute Gasteiger partial charge is 0.347 e. The summed E-state index contributed by atoms with van der Waals surface area (Å²) in [5.74, 6) is 0.00389. The van der Waals surface area contributed by atoms with Crippen LogP contribution in [0.2, 0.25) is 5.02 Å². The van der Waals surface area contributed by atoms with E-state index in [0.717, 1.165) is 11.8 Å². The first-order chi connectivity index (χ1) is 12.8. The highest BCUT2D eigenvalue weighted by molar-refractivity contribution is 6.30. The lowest BCUT2D eigenvalue weighted by Gasteiger charge is -2.25. The van der Waals surface area contributed by atoms with Crippen LogP contribution in [0.15, 0.2) is 41.3 Å². The zero-order valence-electron chi connectivity index (χ0n) is 15.5. The van der Waals surface area contributed by atoms with Crippen molar-refractivity contribution in [2.45, 2.75) is 26.7 Å². The van der Waals surface area contributed by atoms with Gasteiger partial charge in [-0.2, -0.15) is 5.10 Å². The third-order valence-corrected chi connectivity index (χ3v) is 3.82. The van der Waals surface area contributed by atoms with Crippen molar-refractivity contribution in [3.05, 3.63) is 63.4 Å². The van der Waals surface area contributed by atoms with Crippen molar-refractivity contribution in [1.29, 1.82) is 0 Å². The number of hydrogen-bond donors (Lipinski definition) is 0. The van der Waals surface area contributed by atoms with Crippen LogP contribution in [0.25, 0.3) is 0 Å². The second-order valence-electron chi connectivity index (χ2n) is 6.07. The van der Waals surface area contributed by atoms with E-state index in [9.17, 15) is 9.18 Å². The van der Waals surface area contributed by atoms with E-state index < -0.39 is 12.1 Å². The summed E-state index contributed by atoms with van der Waals surface area (Å²) >= 11 is 5.72. The van der Waals surface area contributed by atoms with Gasteiger partial charge in [0.2, 0.25) is 0 Å². The molecule has 2 rings (SSSR count). The minimum atomic E-state index is -0.579. The molecule has 0 N–H and O–H groups in total. The topological polar surface area (TPSA) is 69.5 Å². The van der Waals surface area contributed by atoms with E-state index in [2.05, 4.69) is 16.7 Å². The summed E-state index contributed by atoms with van der Waals surface area (Å²) < 4.78 is 25.7. The van der Waals surface area contributed by atoms with Crippen LogP contribution in [0.3, 0.4) is 0 Å². The van der Waals surface area contributed by atoms with Gasteiger partial charge in [-0.3, -0.25) is 9.78 Å². The molecular formula is C18H22ClFN4O3. The lowest BCUT2D eigenvalue weighted by molar-refractivity contribution is -0.137. The first kappa shape index (κ1) is 21.0. The van der Waals surface area contributed by atoms with Gasteiger partial charge in [0.25, 0.3) is 5.56 Å². The maximum absolute atomic E-state index is 13.1. The fourth-order valence-corrected chi connectivity index (χ4v) is 2.33. The van der Waals surface area contributed by atoms with Crippen molar-refractivity contribution in [2.24, 2.45) is 7.05 Å². The molecule has 7 nitrogen and oxygen atoms in total. The summed E-state index contributed by atoms with van der Waals surface area (Å²) in [6.45, 7) is 8.33. The molecule has 0 aliphatic rings. The van der Waals surface area contributed by atoms with Crippen molar-refractivity contribution in [3.8, 4) is 0 Å². The normalized spacial score (nSPS) is 12.0. The van der Waals surface area contributed by atoms with Crippen molar-refractivity contribution in [1.82, 2.24) is 14.8 Å². The maximum atomic E-state index is 13.1. The van der Waals surface area contributed by atoms with Crippen LogP contribution in [0, 0.1) is 5.82 Å². The number of anilines is 1. The van der Waals surface area contributed by atoms with E-state index >= 15 is 0 Å². The number of halogens is 2. The smallest absolute Gasteiger partial charge is 0.266 e. The highest BCUT2D eigenvalue weighted by Gasteiger charge is 2.13. The Balaban J connectivity index is 1.94. The summed E-state index contributed by atoms with van der Waals surface area (Å²) in [5.41, 5.74) is 1.21. The molecule has 0 amide bonds. The Morgan fingerprint density at radius 3 is 2.81 bits per heavy atom. The predicted octanol–water partition coefficient (Wildman–Crippen LogP) is 2.89. The van der Waals surface area contributed by atoms with Crippen LogP contribution < -0.4 is 10.5 Å². The second-order valence-corrected chi connectivity index (χ2v) is 6.48. The van der Waals surface area contributed by atoms with Crippen LogP contribution in [0.1, 0.15) is 19.5 Å². The van der Waals surface area contributed by atoms with Gasteiger partial charge in [0.05, 0.1) is 23.5 Å². The molecule has 2 heterocycles. The lowest BCUT2D eigenvalue weighted by atomic mass is 10.3. The van der Waals surface area contributed by atoms with Crippen LogP contribution in [-0.2, 0) is 23.1 Å². The molecule has 0 aromatic carbocycles. The number of aryl methyl sites for hydroxylation is 1. The van der Waals surface area contributed by atoms with Gasteiger partial charge >= 0.3 is 0 Å². The number of pyridine rings is 1. The van der Waals surface area contributed by atoms with Gasteiger partial charge in [0.15, 0.2) is 17.9 Å². The average molecular weight is 397 g/mol.